The van der Waals surface area contributed by atoms with Gasteiger partial charge in [-0.25, -0.2) is 9.48 Å². The molecule has 4 rings (SSSR count). The van der Waals surface area contributed by atoms with E-state index in [9.17, 15) is 35.9 Å². The van der Waals surface area contributed by atoms with Gasteiger partial charge in [0.05, 0.1) is 16.8 Å². The summed E-state index contributed by atoms with van der Waals surface area (Å²) in [6, 6.07) is 10.9. The number of carboxylic acid groups (broad SMARTS) is 1. The number of aromatic amines is 2. The fourth-order valence-corrected chi connectivity index (χ4v) is 2.81. The maximum atomic E-state index is 12.7. The van der Waals surface area contributed by atoms with E-state index in [4.69, 9.17) is 9.90 Å². The second-order valence-corrected chi connectivity index (χ2v) is 6.35. The minimum absolute atomic E-state index is 0.0728. The summed E-state index contributed by atoms with van der Waals surface area (Å²) in [6.45, 7) is 0. The molecule has 0 bridgehead atoms. The smallest absolute Gasteiger partial charge is 0.475 e. The number of nitrogens with zero attached hydrogens (tertiary/aromatic N) is 1. The number of carbonyl (C=O) groups is 1. The number of nitrogens with one attached hydrogen (secondary N) is 2. The molecule has 0 saturated carbocycles. The number of benzene rings is 2. The Bertz CT molecular complexity index is 1410. The van der Waals surface area contributed by atoms with Gasteiger partial charge in [0.2, 0.25) is 0 Å². The number of aromatic nitrogens is 3. The first-order valence-electron chi connectivity index (χ1n) is 8.54. The molecule has 0 fully saturated rings. The monoisotopic (exact) mass is 459 g/mol. The van der Waals surface area contributed by atoms with Crippen molar-refractivity contribution in [3.8, 4) is 5.69 Å². The summed E-state index contributed by atoms with van der Waals surface area (Å²) >= 11 is 0. The Morgan fingerprint density at radius 1 is 0.844 bits per heavy atom. The Labute approximate surface area is 172 Å². The standard InChI is InChI=1S/C17H10F3N3O2.C2HF3O2/c18-17(19,20)9-5-7-10(8-6-9)23-16(25)14-13(22-23)11-3-1-2-4-12(11)15(24)21-14;3-2(4,5)1(6)7/h1-8,22H,(H,21,24);(H,6,7). The van der Waals surface area contributed by atoms with Crippen molar-refractivity contribution in [3.05, 3.63) is 74.8 Å². The lowest BCUT2D eigenvalue weighted by Crippen LogP contribution is -2.21. The molecule has 2 aromatic carbocycles. The van der Waals surface area contributed by atoms with Crippen molar-refractivity contribution in [1.82, 2.24) is 14.8 Å². The lowest BCUT2D eigenvalue weighted by molar-refractivity contribution is -0.192. The van der Waals surface area contributed by atoms with Crippen LogP contribution in [0.3, 0.4) is 0 Å². The van der Waals surface area contributed by atoms with Crippen LogP contribution in [0.1, 0.15) is 5.56 Å². The number of alkyl halides is 6. The van der Waals surface area contributed by atoms with Gasteiger partial charge >= 0.3 is 18.3 Å². The van der Waals surface area contributed by atoms with E-state index in [1.54, 1.807) is 24.3 Å². The normalized spacial score (nSPS) is 11.9. The highest BCUT2D eigenvalue weighted by molar-refractivity contribution is 6.02. The summed E-state index contributed by atoms with van der Waals surface area (Å²) in [4.78, 5) is 36.1. The Balaban J connectivity index is 0.000000360. The highest BCUT2D eigenvalue weighted by atomic mass is 19.4. The number of carboxylic acids is 1. The molecule has 13 heteroatoms. The fraction of sp³-hybridized carbons (Fsp3) is 0.105. The van der Waals surface area contributed by atoms with E-state index in [1.807, 2.05) is 0 Å². The molecule has 0 spiro atoms. The van der Waals surface area contributed by atoms with Crippen molar-refractivity contribution in [2.75, 3.05) is 0 Å². The number of halogens is 6. The molecule has 0 aliphatic carbocycles. The minimum Gasteiger partial charge on any atom is -0.475 e. The zero-order valence-corrected chi connectivity index (χ0v) is 15.5. The largest absolute Gasteiger partial charge is 0.490 e. The molecule has 2 heterocycles. The number of hydrogen-bond acceptors (Lipinski definition) is 3. The van der Waals surface area contributed by atoms with Crippen LogP contribution >= 0.6 is 0 Å². The maximum Gasteiger partial charge on any atom is 0.490 e. The molecule has 0 amide bonds. The highest BCUT2D eigenvalue weighted by Gasteiger charge is 2.38. The number of H-pyrrole nitrogens is 2. The molecular formula is C19H11F6N3O4. The summed E-state index contributed by atoms with van der Waals surface area (Å²) in [5, 5.41) is 11.0. The number of fused-ring (bicyclic) bond motifs is 3. The van der Waals surface area contributed by atoms with Gasteiger partial charge in [-0.15, -0.1) is 0 Å². The van der Waals surface area contributed by atoms with Crippen molar-refractivity contribution < 1.29 is 36.2 Å². The van der Waals surface area contributed by atoms with E-state index in [0.29, 0.717) is 16.3 Å². The molecule has 4 aromatic rings. The van der Waals surface area contributed by atoms with Crippen LogP contribution in [-0.4, -0.2) is 32.0 Å². The maximum absolute atomic E-state index is 12.7. The van der Waals surface area contributed by atoms with E-state index in [2.05, 4.69) is 10.1 Å². The van der Waals surface area contributed by atoms with Gasteiger partial charge in [-0.2, -0.15) is 26.3 Å². The Morgan fingerprint density at radius 2 is 1.38 bits per heavy atom. The molecule has 0 atom stereocenters. The van der Waals surface area contributed by atoms with Gasteiger partial charge in [0, 0.05) is 10.8 Å². The van der Waals surface area contributed by atoms with E-state index in [0.717, 1.165) is 16.8 Å². The first kappa shape index (κ1) is 22.7. The molecule has 168 valence electrons. The summed E-state index contributed by atoms with van der Waals surface area (Å²) < 4.78 is 70.9. The quantitative estimate of drug-likeness (QED) is 0.376. The van der Waals surface area contributed by atoms with Crippen molar-refractivity contribution >= 4 is 27.8 Å². The van der Waals surface area contributed by atoms with Crippen LogP contribution in [-0.2, 0) is 11.0 Å². The SMILES string of the molecule is O=C(O)C(F)(F)F.O=c1[nH]c2c(=O)n(-c3ccc(C(F)(F)F)cc3)[nH]c2c2ccccc12. The predicted molar refractivity (Wildman–Crippen MR) is 101 cm³/mol. The summed E-state index contributed by atoms with van der Waals surface area (Å²) in [5.74, 6) is -2.76. The topological polar surface area (TPSA) is 108 Å². The summed E-state index contributed by atoms with van der Waals surface area (Å²) in [5.41, 5.74) is -1.03. The summed E-state index contributed by atoms with van der Waals surface area (Å²) in [6.07, 6.45) is -9.54. The molecule has 32 heavy (non-hydrogen) atoms. The Morgan fingerprint density at radius 3 is 1.88 bits per heavy atom. The molecule has 7 nitrogen and oxygen atoms in total. The average Bonchev–Trinajstić information content (AvgIpc) is 3.04. The molecular weight excluding hydrogens is 448 g/mol. The second-order valence-electron chi connectivity index (χ2n) is 6.35. The van der Waals surface area contributed by atoms with Crippen LogP contribution < -0.4 is 11.1 Å². The highest BCUT2D eigenvalue weighted by Crippen LogP contribution is 2.29. The summed E-state index contributed by atoms with van der Waals surface area (Å²) in [7, 11) is 0. The Hall–Kier alpha value is -4.03. The molecule has 0 aliphatic rings. The number of rotatable bonds is 1. The lowest BCUT2D eigenvalue weighted by Gasteiger charge is -2.07. The van der Waals surface area contributed by atoms with Crippen LogP contribution in [0.15, 0.2) is 58.1 Å². The van der Waals surface area contributed by atoms with Crippen LogP contribution in [0.5, 0.6) is 0 Å². The van der Waals surface area contributed by atoms with Gasteiger partial charge in [0.1, 0.15) is 5.52 Å². The zero-order chi connectivity index (χ0) is 23.8. The molecule has 3 N–H and O–H groups in total. The van der Waals surface area contributed by atoms with E-state index >= 15 is 0 Å². The minimum atomic E-state index is -5.08. The molecule has 0 saturated heterocycles. The van der Waals surface area contributed by atoms with Gasteiger partial charge in [-0.1, -0.05) is 18.2 Å². The van der Waals surface area contributed by atoms with Crippen molar-refractivity contribution in [2.45, 2.75) is 12.4 Å². The van der Waals surface area contributed by atoms with Crippen LogP contribution in [0.25, 0.3) is 27.5 Å². The molecule has 2 aromatic heterocycles. The first-order chi connectivity index (χ1) is 14.8. The number of aliphatic carboxylic acids is 1. The lowest BCUT2D eigenvalue weighted by atomic mass is 10.1. The number of hydrogen-bond donors (Lipinski definition) is 3. The van der Waals surface area contributed by atoms with Gasteiger partial charge in [0.25, 0.3) is 11.1 Å². The van der Waals surface area contributed by atoms with Gasteiger partial charge in [-0.05, 0) is 30.3 Å². The van der Waals surface area contributed by atoms with Crippen molar-refractivity contribution in [1.29, 1.82) is 0 Å². The van der Waals surface area contributed by atoms with Crippen LogP contribution in [0.2, 0.25) is 0 Å². The van der Waals surface area contributed by atoms with Gasteiger partial charge < -0.3 is 10.1 Å². The molecule has 0 aliphatic heterocycles. The Kier molecular flexibility index (Phi) is 5.60. The average molecular weight is 459 g/mol. The second kappa shape index (κ2) is 7.90. The third-order valence-electron chi connectivity index (χ3n) is 4.27. The van der Waals surface area contributed by atoms with E-state index in [-0.39, 0.29) is 11.2 Å². The third-order valence-corrected chi connectivity index (χ3v) is 4.27. The third kappa shape index (κ3) is 4.36. The number of pyridine rings is 1. The van der Waals surface area contributed by atoms with Crippen molar-refractivity contribution in [3.63, 3.8) is 0 Å². The van der Waals surface area contributed by atoms with E-state index in [1.165, 1.54) is 12.1 Å². The van der Waals surface area contributed by atoms with Crippen LogP contribution in [0, 0.1) is 0 Å². The van der Waals surface area contributed by atoms with Gasteiger partial charge in [-0.3, -0.25) is 14.7 Å². The van der Waals surface area contributed by atoms with Gasteiger partial charge in [0.15, 0.2) is 0 Å². The van der Waals surface area contributed by atoms with E-state index < -0.39 is 35.0 Å². The first-order valence-corrected chi connectivity index (χ1v) is 8.54. The van der Waals surface area contributed by atoms with Crippen LogP contribution in [0.4, 0.5) is 26.3 Å². The van der Waals surface area contributed by atoms with Crippen molar-refractivity contribution in [2.24, 2.45) is 0 Å². The fourth-order valence-electron chi connectivity index (χ4n) is 2.81. The molecule has 0 radical (unpaired) electrons. The molecule has 0 unspecified atom stereocenters. The predicted octanol–water partition coefficient (Wildman–Crippen LogP) is 3.81. The zero-order valence-electron chi connectivity index (χ0n) is 15.5.